The van der Waals surface area contributed by atoms with Crippen LogP contribution in [0.2, 0.25) is 0 Å². The molecule has 234 valence electrons. The van der Waals surface area contributed by atoms with E-state index in [1.807, 2.05) is 6.92 Å². The molecule has 0 aromatic rings. The first-order valence-corrected chi connectivity index (χ1v) is 14.5. The Kier molecular flexibility index (Phi) is 9.96. The maximum Gasteiger partial charge on any atom is 0.312 e. The molecule has 0 spiro atoms. The minimum Gasteiger partial charge on any atom is -0.461 e. The Balaban J connectivity index is 2.40. The fourth-order valence-corrected chi connectivity index (χ4v) is 6.69. The average Bonchev–Trinajstić information content (AvgIpc) is 3.10. The van der Waals surface area contributed by atoms with E-state index in [1.54, 1.807) is 26.8 Å². The van der Waals surface area contributed by atoms with Gasteiger partial charge in [-0.15, -0.1) is 0 Å². The summed E-state index contributed by atoms with van der Waals surface area (Å²) in [5.41, 5.74) is -2.42. The molecule has 1 N–H and O–H groups in total. The summed E-state index contributed by atoms with van der Waals surface area (Å²) in [4.78, 5) is 63.6. The van der Waals surface area contributed by atoms with Gasteiger partial charge in [0.2, 0.25) is 0 Å². The molecule has 1 saturated heterocycles. The molecular weight excluding hydrogens is 548 g/mol. The highest BCUT2D eigenvalue weighted by Crippen LogP contribution is 2.56. The van der Waals surface area contributed by atoms with Gasteiger partial charge in [-0.1, -0.05) is 38.5 Å². The summed E-state index contributed by atoms with van der Waals surface area (Å²) in [6.45, 7) is 16.4. The predicted molar refractivity (Wildman–Crippen MR) is 148 cm³/mol. The van der Waals surface area contributed by atoms with Crippen LogP contribution in [0.4, 0.5) is 0 Å². The van der Waals surface area contributed by atoms with Crippen molar-refractivity contribution in [2.24, 2.45) is 23.2 Å². The van der Waals surface area contributed by atoms with Gasteiger partial charge >= 0.3 is 29.8 Å². The van der Waals surface area contributed by atoms with Crippen molar-refractivity contribution < 1.29 is 52.8 Å². The Morgan fingerprint density at radius 3 is 2.19 bits per heavy atom. The van der Waals surface area contributed by atoms with Crippen molar-refractivity contribution in [3.05, 3.63) is 23.8 Å². The summed E-state index contributed by atoms with van der Waals surface area (Å²) < 4.78 is 29.2. The maximum absolute atomic E-state index is 13.3. The Morgan fingerprint density at radius 1 is 1.07 bits per heavy atom. The highest BCUT2D eigenvalue weighted by atomic mass is 16.6. The third-order valence-corrected chi connectivity index (χ3v) is 9.14. The first-order valence-electron chi connectivity index (χ1n) is 14.5. The van der Waals surface area contributed by atoms with Gasteiger partial charge < -0.3 is 28.8 Å². The van der Waals surface area contributed by atoms with Crippen molar-refractivity contribution in [2.75, 3.05) is 0 Å². The molecule has 42 heavy (non-hydrogen) atoms. The quantitative estimate of drug-likeness (QED) is 0.275. The first kappa shape index (κ1) is 33.3. The molecule has 2 fully saturated rings. The number of esters is 5. The highest BCUT2D eigenvalue weighted by Gasteiger charge is 2.69. The third kappa shape index (κ3) is 6.11. The van der Waals surface area contributed by atoms with Crippen LogP contribution in [0.15, 0.2) is 23.8 Å². The van der Waals surface area contributed by atoms with Gasteiger partial charge in [0.15, 0.2) is 11.7 Å². The number of hydrogen-bond acceptors (Lipinski definition) is 11. The van der Waals surface area contributed by atoms with Gasteiger partial charge in [0.1, 0.15) is 24.4 Å². The number of hydrogen-bond donors (Lipinski definition) is 1. The van der Waals surface area contributed by atoms with Crippen LogP contribution in [0.1, 0.15) is 81.1 Å². The lowest BCUT2D eigenvalue weighted by atomic mass is 9.54. The van der Waals surface area contributed by atoms with E-state index in [0.29, 0.717) is 18.4 Å². The molecule has 0 radical (unpaired) electrons. The molecule has 0 amide bonds. The molecule has 10 atom stereocenters. The lowest BCUT2D eigenvalue weighted by Gasteiger charge is -2.57. The van der Waals surface area contributed by atoms with Crippen molar-refractivity contribution in [1.29, 1.82) is 0 Å². The fourth-order valence-electron chi connectivity index (χ4n) is 6.69. The van der Waals surface area contributed by atoms with Crippen molar-refractivity contribution in [3.8, 4) is 0 Å². The standard InChI is InChI=1S/C31H44O11/c1-10-16(3)28(35)41-23-12-11-15(2)13-24-31(37,18(5)29(36)42-24)27(40-21(8)34)25-17(4)14-22(38-19(6)32)26(30(23,25)9)39-20(7)33/h13,16,18,22-27,37H,4,10-12,14H2,1-3,5-9H3/b15-13-/t16-,18-,22-,23-,24-,25+,26-,27-,30+,31+/m0/s1. The van der Waals surface area contributed by atoms with Crippen LogP contribution in [-0.4, -0.2) is 71.1 Å². The summed E-state index contributed by atoms with van der Waals surface area (Å²) >= 11 is 0. The molecular formula is C31H44O11. The van der Waals surface area contributed by atoms with E-state index >= 15 is 0 Å². The third-order valence-electron chi connectivity index (χ3n) is 9.14. The zero-order valence-corrected chi connectivity index (χ0v) is 25.8. The Labute approximate surface area is 246 Å². The number of rotatable bonds is 6. The molecule has 1 saturated carbocycles. The van der Waals surface area contributed by atoms with Gasteiger partial charge in [0.25, 0.3) is 0 Å². The number of fused-ring (bicyclic) bond motifs is 2. The fraction of sp³-hybridized carbons (Fsp3) is 0.710. The maximum atomic E-state index is 13.3. The van der Waals surface area contributed by atoms with Gasteiger partial charge in [-0.3, -0.25) is 24.0 Å². The topological polar surface area (TPSA) is 152 Å². The van der Waals surface area contributed by atoms with Crippen LogP contribution in [-0.2, 0) is 47.7 Å². The van der Waals surface area contributed by atoms with Crippen LogP contribution >= 0.6 is 0 Å². The summed E-state index contributed by atoms with van der Waals surface area (Å²) in [5, 5.41) is 12.4. The second-order valence-electron chi connectivity index (χ2n) is 12.2. The number of allylic oxidation sites excluding steroid dienone is 1. The Bertz CT molecular complexity index is 1160. The van der Waals surface area contributed by atoms with Crippen LogP contribution < -0.4 is 0 Å². The molecule has 0 aromatic carbocycles. The second kappa shape index (κ2) is 12.6. The van der Waals surface area contributed by atoms with Crippen molar-refractivity contribution in [1.82, 2.24) is 0 Å². The summed E-state index contributed by atoms with van der Waals surface area (Å²) in [6, 6.07) is 0. The molecule has 11 heteroatoms. The second-order valence-corrected chi connectivity index (χ2v) is 12.2. The normalized spacial score (nSPS) is 38.4. The van der Waals surface area contributed by atoms with Gasteiger partial charge in [0.05, 0.1) is 17.3 Å². The number of ether oxygens (including phenoxy) is 5. The SMILES string of the molecule is C=C1C[C@H](OC(C)=O)[C@H](OC(C)=O)[C@]2(C)[C@@H](OC(=O)[C@@H](C)CC)CC/C(C)=C\[C@@H]3OC(=O)[C@H](C)[C@]3(O)[C@@H](OC(C)=O)[C@@H]12. The van der Waals surface area contributed by atoms with Crippen molar-refractivity contribution >= 4 is 29.8 Å². The van der Waals surface area contributed by atoms with Gasteiger partial charge in [-0.2, -0.15) is 0 Å². The van der Waals surface area contributed by atoms with E-state index in [0.717, 1.165) is 5.57 Å². The minimum atomic E-state index is -2.07. The van der Waals surface area contributed by atoms with Crippen LogP contribution in [0.5, 0.6) is 0 Å². The zero-order chi connectivity index (χ0) is 31.7. The van der Waals surface area contributed by atoms with Crippen LogP contribution in [0.25, 0.3) is 0 Å². The molecule has 0 aromatic heterocycles. The first-order chi connectivity index (χ1) is 19.5. The van der Waals surface area contributed by atoms with Crippen molar-refractivity contribution in [3.63, 3.8) is 0 Å². The summed E-state index contributed by atoms with van der Waals surface area (Å²) in [5.74, 6) is -5.85. The van der Waals surface area contributed by atoms with Gasteiger partial charge in [0, 0.05) is 33.1 Å². The number of carbonyl (C=O) groups is 5. The van der Waals surface area contributed by atoms with E-state index in [9.17, 15) is 29.1 Å². The van der Waals surface area contributed by atoms with E-state index < -0.39 is 89.1 Å². The smallest absolute Gasteiger partial charge is 0.312 e. The molecule has 2 aliphatic carbocycles. The highest BCUT2D eigenvalue weighted by molar-refractivity contribution is 5.78. The van der Waals surface area contributed by atoms with Gasteiger partial charge in [-0.25, -0.2) is 0 Å². The lowest BCUT2D eigenvalue weighted by Crippen LogP contribution is -2.68. The Hall–Kier alpha value is -3.21. The molecule has 11 nitrogen and oxygen atoms in total. The van der Waals surface area contributed by atoms with Gasteiger partial charge in [-0.05, 0) is 39.2 Å². The number of carbonyl (C=O) groups excluding carboxylic acids is 5. The molecule has 1 heterocycles. The largest absolute Gasteiger partial charge is 0.461 e. The monoisotopic (exact) mass is 592 g/mol. The van der Waals surface area contributed by atoms with E-state index in [4.69, 9.17) is 23.7 Å². The molecule has 1 aliphatic heterocycles. The van der Waals surface area contributed by atoms with Crippen LogP contribution in [0, 0.1) is 23.2 Å². The molecule has 3 rings (SSSR count). The Morgan fingerprint density at radius 2 is 1.64 bits per heavy atom. The lowest BCUT2D eigenvalue weighted by molar-refractivity contribution is -0.236. The zero-order valence-electron chi connectivity index (χ0n) is 25.8. The van der Waals surface area contributed by atoms with Crippen molar-refractivity contribution in [2.45, 2.75) is 117 Å². The van der Waals surface area contributed by atoms with E-state index in [1.165, 1.54) is 27.7 Å². The molecule has 3 aliphatic rings. The minimum absolute atomic E-state index is 0.0135. The number of aliphatic hydroxyl groups is 1. The average molecular weight is 593 g/mol. The van der Waals surface area contributed by atoms with E-state index in [2.05, 4.69) is 6.58 Å². The summed E-state index contributed by atoms with van der Waals surface area (Å²) in [6.07, 6.45) is -3.13. The molecule has 0 unspecified atom stereocenters. The summed E-state index contributed by atoms with van der Waals surface area (Å²) in [7, 11) is 0. The van der Waals surface area contributed by atoms with Crippen LogP contribution in [0.3, 0.4) is 0 Å². The predicted octanol–water partition coefficient (Wildman–Crippen LogP) is 3.35. The molecule has 0 bridgehead atoms. The van der Waals surface area contributed by atoms with E-state index in [-0.39, 0.29) is 12.8 Å².